The third-order valence-corrected chi connectivity index (χ3v) is 2.93. The van der Waals surface area contributed by atoms with Gasteiger partial charge in [-0.2, -0.15) is 5.10 Å². The van der Waals surface area contributed by atoms with E-state index >= 15 is 0 Å². The van der Waals surface area contributed by atoms with Crippen LogP contribution in [0.4, 0.5) is 11.4 Å². The smallest absolute Gasteiger partial charge is 0.0765 e. The van der Waals surface area contributed by atoms with E-state index < -0.39 is 0 Å². The monoisotopic (exact) mass is 250 g/mol. The zero-order chi connectivity index (χ0) is 12.4. The molecule has 3 N–H and O–H groups in total. The van der Waals surface area contributed by atoms with Crippen LogP contribution in [0.5, 0.6) is 0 Å². The van der Waals surface area contributed by atoms with Crippen molar-refractivity contribution in [2.75, 3.05) is 11.1 Å². The van der Waals surface area contributed by atoms with Crippen LogP contribution in [0.3, 0.4) is 0 Å². The summed E-state index contributed by atoms with van der Waals surface area (Å²) in [7, 11) is 1.90. The largest absolute Gasteiger partial charge is 0.397 e. The number of halogens is 1. The van der Waals surface area contributed by atoms with E-state index in [-0.39, 0.29) is 0 Å². The van der Waals surface area contributed by atoms with Crippen LogP contribution >= 0.6 is 11.6 Å². The molecule has 1 heterocycles. The number of aryl methyl sites for hydroxylation is 2. The standard InChI is InChI=1S/C12H15ClN4/c1-8-9(7-17(2)16-8)6-15-12-10(13)4-3-5-11(12)14/h3-5,7,15H,6,14H2,1-2H3. The summed E-state index contributed by atoms with van der Waals surface area (Å²) in [5.41, 5.74) is 9.42. The average molecular weight is 251 g/mol. The van der Waals surface area contributed by atoms with Crippen LogP contribution in [0.2, 0.25) is 5.02 Å². The Kier molecular flexibility index (Phi) is 3.24. The van der Waals surface area contributed by atoms with E-state index in [1.807, 2.05) is 38.4 Å². The molecule has 1 aromatic carbocycles. The van der Waals surface area contributed by atoms with Crippen LogP contribution in [-0.4, -0.2) is 9.78 Å². The van der Waals surface area contributed by atoms with Gasteiger partial charge < -0.3 is 11.1 Å². The number of hydrogen-bond acceptors (Lipinski definition) is 3. The lowest BCUT2D eigenvalue weighted by Crippen LogP contribution is -2.03. The molecule has 2 rings (SSSR count). The van der Waals surface area contributed by atoms with Gasteiger partial charge in [0.2, 0.25) is 0 Å². The fraction of sp³-hybridized carbons (Fsp3) is 0.250. The molecule has 2 aromatic rings. The Bertz CT molecular complexity index is 513. The van der Waals surface area contributed by atoms with Gasteiger partial charge in [0.15, 0.2) is 0 Å². The molecule has 4 nitrogen and oxygen atoms in total. The van der Waals surface area contributed by atoms with Gasteiger partial charge >= 0.3 is 0 Å². The lowest BCUT2D eigenvalue weighted by molar-refractivity contribution is 0.756. The van der Waals surface area contributed by atoms with Crippen molar-refractivity contribution in [1.29, 1.82) is 0 Å². The highest BCUT2D eigenvalue weighted by atomic mass is 35.5. The number of nitrogens with zero attached hydrogens (tertiary/aromatic N) is 2. The summed E-state index contributed by atoms with van der Waals surface area (Å²) in [5, 5.41) is 8.15. The maximum Gasteiger partial charge on any atom is 0.0765 e. The fourth-order valence-electron chi connectivity index (χ4n) is 1.73. The predicted octanol–water partition coefficient (Wildman–Crippen LogP) is 2.58. The molecule has 0 spiro atoms. The third kappa shape index (κ3) is 2.53. The molecule has 0 saturated heterocycles. The molecular formula is C12H15ClN4. The van der Waals surface area contributed by atoms with Gasteiger partial charge in [0.1, 0.15) is 0 Å². The molecular weight excluding hydrogens is 236 g/mol. The SMILES string of the molecule is Cc1nn(C)cc1CNc1c(N)cccc1Cl. The summed E-state index contributed by atoms with van der Waals surface area (Å²) < 4.78 is 1.79. The van der Waals surface area contributed by atoms with E-state index in [0.29, 0.717) is 17.3 Å². The van der Waals surface area contributed by atoms with Crippen molar-refractivity contribution in [1.82, 2.24) is 9.78 Å². The van der Waals surface area contributed by atoms with Crippen LogP contribution in [0.25, 0.3) is 0 Å². The minimum absolute atomic E-state index is 0.631. The normalized spacial score (nSPS) is 10.5. The fourth-order valence-corrected chi connectivity index (χ4v) is 1.98. The minimum Gasteiger partial charge on any atom is -0.397 e. The van der Waals surface area contributed by atoms with Crippen LogP contribution in [0.15, 0.2) is 24.4 Å². The van der Waals surface area contributed by atoms with Gasteiger partial charge in [-0.15, -0.1) is 0 Å². The second-order valence-electron chi connectivity index (χ2n) is 3.97. The quantitative estimate of drug-likeness (QED) is 0.824. The Hall–Kier alpha value is -1.68. The zero-order valence-corrected chi connectivity index (χ0v) is 10.6. The summed E-state index contributed by atoms with van der Waals surface area (Å²) in [5.74, 6) is 0. The summed E-state index contributed by atoms with van der Waals surface area (Å²) in [4.78, 5) is 0. The Morgan fingerprint density at radius 1 is 1.47 bits per heavy atom. The number of nitrogens with two attached hydrogens (primary N) is 1. The van der Waals surface area contributed by atoms with Gasteiger partial charge in [0, 0.05) is 25.4 Å². The van der Waals surface area contributed by atoms with Crippen molar-refractivity contribution in [2.45, 2.75) is 13.5 Å². The summed E-state index contributed by atoms with van der Waals surface area (Å²) in [6, 6.07) is 5.47. The van der Waals surface area contributed by atoms with E-state index in [1.54, 1.807) is 4.68 Å². The molecule has 0 unspecified atom stereocenters. The highest BCUT2D eigenvalue weighted by Crippen LogP contribution is 2.28. The van der Waals surface area contributed by atoms with Crippen LogP contribution in [-0.2, 0) is 13.6 Å². The Balaban J connectivity index is 2.15. The summed E-state index contributed by atoms with van der Waals surface area (Å²) >= 11 is 6.08. The molecule has 0 amide bonds. The zero-order valence-electron chi connectivity index (χ0n) is 9.87. The van der Waals surface area contributed by atoms with Gasteiger partial charge in [0.05, 0.1) is 22.1 Å². The van der Waals surface area contributed by atoms with E-state index in [9.17, 15) is 0 Å². The van der Waals surface area contributed by atoms with E-state index in [0.717, 1.165) is 16.9 Å². The van der Waals surface area contributed by atoms with E-state index in [4.69, 9.17) is 17.3 Å². The van der Waals surface area contributed by atoms with Crippen molar-refractivity contribution in [3.63, 3.8) is 0 Å². The van der Waals surface area contributed by atoms with Crippen molar-refractivity contribution < 1.29 is 0 Å². The van der Waals surface area contributed by atoms with Gasteiger partial charge in [-0.1, -0.05) is 17.7 Å². The number of anilines is 2. The number of nitrogens with one attached hydrogen (secondary N) is 1. The Labute approximate surface area is 105 Å². The van der Waals surface area contributed by atoms with Gasteiger partial charge in [0.25, 0.3) is 0 Å². The first-order valence-electron chi connectivity index (χ1n) is 5.35. The molecule has 0 aliphatic carbocycles. The number of para-hydroxylation sites is 1. The highest BCUT2D eigenvalue weighted by Gasteiger charge is 2.06. The number of nitrogen functional groups attached to an aromatic ring is 1. The van der Waals surface area contributed by atoms with E-state index in [2.05, 4.69) is 10.4 Å². The summed E-state index contributed by atoms with van der Waals surface area (Å²) in [6.45, 7) is 2.64. The first-order valence-corrected chi connectivity index (χ1v) is 5.72. The Morgan fingerprint density at radius 2 is 2.24 bits per heavy atom. The first-order chi connectivity index (χ1) is 8.08. The first kappa shape index (κ1) is 11.8. The number of aromatic nitrogens is 2. The van der Waals surface area contributed by atoms with Gasteiger partial charge in [-0.25, -0.2) is 0 Å². The molecule has 0 atom stereocenters. The van der Waals surface area contributed by atoms with Crippen molar-refractivity contribution in [3.05, 3.63) is 40.7 Å². The highest BCUT2D eigenvalue weighted by molar-refractivity contribution is 6.33. The molecule has 5 heteroatoms. The molecule has 0 aliphatic rings. The number of benzene rings is 1. The molecule has 17 heavy (non-hydrogen) atoms. The van der Waals surface area contributed by atoms with Crippen LogP contribution < -0.4 is 11.1 Å². The average Bonchev–Trinajstić information content (AvgIpc) is 2.57. The maximum atomic E-state index is 6.08. The van der Waals surface area contributed by atoms with E-state index in [1.165, 1.54) is 0 Å². The molecule has 90 valence electrons. The van der Waals surface area contributed by atoms with Gasteiger partial charge in [-0.05, 0) is 19.1 Å². The molecule has 0 saturated carbocycles. The maximum absolute atomic E-state index is 6.08. The molecule has 0 fully saturated rings. The Morgan fingerprint density at radius 3 is 2.82 bits per heavy atom. The lowest BCUT2D eigenvalue weighted by Gasteiger charge is -2.10. The van der Waals surface area contributed by atoms with Crippen molar-refractivity contribution in [2.24, 2.45) is 7.05 Å². The van der Waals surface area contributed by atoms with Crippen LogP contribution in [0.1, 0.15) is 11.3 Å². The van der Waals surface area contributed by atoms with Crippen molar-refractivity contribution >= 4 is 23.0 Å². The van der Waals surface area contributed by atoms with Crippen LogP contribution in [0, 0.1) is 6.92 Å². The molecule has 1 aromatic heterocycles. The van der Waals surface area contributed by atoms with Gasteiger partial charge in [-0.3, -0.25) is 4.68 Å². The second kappa shape index (κ2) is 4.67. The molecule has 0 aliphatic heterocycles. The lowest BCUT2D eigenvalue weighted by atomic mass is 10.2. The molecule has 0 bridgehead atoms. The number of hydrogen-bond donors (Lipinski definition) is 2. The molecule has 0 radical (unpaired) electrons. The minimum atomic E-state index is 0.631. The predicted molar refractivity (Wildman–Crippen MR) is 71.1 cm³/mol. The number of rotatable bonds is 3. The second-order valence-corrected chi connectivity index (χ2v) is 4.38. The summed E-state index contributed by atoms with van der Waals surface area (Å²) in [6.07, 6.45) is 1.98. The topological polar surface area (TPSA) is 55.9 Å². The van der Waals surface area contributed by atoms with Crippen molar-refractivity contribution in [3.8, 4) is 0 Å². The third-order valence-electron chi connectivity index (χ3n) is 2.62.